The van der Waals surface area contributed by atoms with E-state index in [0.717, 1.165) is 29.9 Å². The lowest BCUT2D eigenvalue weighted by molar-refractivity contribution is 0.0994. The van der Waals surface area contributed by atoms with Gasteiger partial charge >= 0.3 is 0 Å². The summed E-state index contributed by atoms with van der Waals surface area (Å²) < 4.78 is 0. The molecule has 2 aromatic rings. The number of hydrogen-bond donors (Lipinski definition) is 1. The minimum absolute atomic E-state index is 0.000182. The Morgan fingerprint density at radius 3 is 2.62 bits per heavy atom. The SMILES string of the molecule is CCCNc1ccccc1C(=O)N(C)c1cccc(C)c1. The zero-order valence-corrected chi connectivity index (χ0v) is 12.9. The number of nitrogens with zero attached hydrogens (tertiary/aromatic N) is 1. The van der Waals surface area contributed by atoms with Gasteiger partial charge in [-0.3, -0.25) is 4.79 Å². The fourth-order valence-electron chi connectivity index (χ4n) is 2.22. The lowest BCUT2D eigenvalue weighted by Crippen LogP contribution is -2.27. The van der Waals surface area contributed by atoms with Crippen molar-refractivity contribution in [1.82, 2.24) is 0 Å². The van der Waals surface area contributed by atoms with Gasteiger partial charge in [0, 0.05) is 25.0 Å². The van der Waals surface area contributed by atoms with Gasteiger partial charge in [0.1, 0.15) is 0 Å². The van der Waals surface area contributed by atoms with Gasteiger partial charge < -0.3 is 10.2 Å². The van der Waals surface area contributed by atoms with Crippen molar-refractivity contribution in [2.24, 2.45) is 0 Å². The van der Waals surface area contributed by atoms with Crippen molar-refractivity contribution in [2.75, 3.05) is 23.8 Å². The van der Waals surface area contributed by atoms with Gasteiger partial charge in [0.2, 0.25) is 0 Å². The largest absolute Gasteiger partial charge is 0.384 e. The summed E-state index contributed by atoms with van der Waals surface area (Å²) >= 11 is 0. The molecule has 2 aromatic carbocycles. The third kappa shape index (κ3) is 3.63. The molecule has 3 nitrogen and oxygen atoms in total. The van der Waals surface area contributed by atoms with Crippen LogP contribution in [0.25, 0.3) is 0 Å². The summed E-state index contributed by atoms with van der Waals surface area (Å²) in [5.74, 6) is -0.000182. The van der Waals surface area contributed by atoms with Crippen LogP contribution in [0.3, 0.4) is 0 Å². The van der Waals surface area contributed by atoms with E-state index in [-0.39, 0.29) is 5.91 Å². The second-order valence-corrected chi connectivity index (χ2v) is 5.18. The molecule has 0 heterocycles. The molecule has 2 rings (SSSR count). The average Bonchev–Trinajstić information content (AvgIpc) is 2.51. The van der Waals surface area contributed by atoms with Crippen LogP contribution in [0.5, 0.6) is 0 Å². The normalized spacial score (nSPS) is 10.2. The van der Waals surface area contributed by atoms with Crippen LogP contribution in [0.1, 0.15) is 29.3 Å². The molecular formula is C18H22N2O. The Kier molecular flexibility index (Phi) is 4.99. The molecule has 0 saturated heterocycles. The van der Waals surface area contributed by atoms with E-state index in [9.17, 15) is 4.79 Å². The zero-order valence-electron chi connectivity index (χ0n) is 12.9. The number of anilines is 2. The summed E-state index contributed by atoms with van der Waals surface area (Å²) in [6.07, 6.45) is 1.02. The van der Waals surface area contributed by atoms with Crippen LogP contribution in [0.2, 0.25) is 0 Å². The van der Waals surface area contributed by atoms with E-state index in [1.165, 1.54) is 0 Å². The number of nitrogens with one attached hydrogen (secondary N) is 1. The number of benzene rings is 2. The van der Waals surface area contributed by atoms with Crippen molar-refractivity contribution in [2.45, 2.75) is 20.3 Å². The fraction of sp³-hybridized carbons (Fsp3) is 0.278. The molecule has 0 spiro atoms. The molecular weight excluding hydrogens is 260 g/mol. The van der Waals surface area contributed by atoms with E-state index in [0.29, 0.717) is 5.56 Å². The Labute approximate surface area is 126 Å². The fourth-order valence-corrected chi connectivity index (χ4v) is 2.22. The van der Waals surface area contributed by atoms with Gasteiger partial charge in [0.05, 0.1) is 5.56 Å². The molecule has 110 valence electrons. The number of carbonyl (C=O) groups excluding carboxylic acids is 1. The number of para-hydroxylation sites is 1. The zero-order chi connectivity index (χ0) is 15.2. The van der Waals surface area contributed by atoms with Crippen molar-refractivity contribution in [3.8, 4) is 0 Å². The molecule has 1 N–H and O–H groups in total. The molecule has 0 radical (unpaired) electrons. The Morgan fingerprint density at radius 1 is 1.14 bits per heavy atom. The Bertz CT molecular complexity index is 622. The number of amides is 1. The molecule has 1 amide bonds. The third-order valence-electron chi connectivity index (χ3n) is 3.42. The molecule has 0 aliphatic heterocycles. The maximum atomic E-state index is 12.7. The number of aryl methyl sites for hydroxylation is 1. The van der Waals surface area contributed by atoms with Gasteiger partial charge in [0.25, 0.3) is 5.91 Å². The molecule has 21 heavy (non-hydrogen) atoms. The predicted molar refractivity (Wildman–Crippen MR) is 89.1 cm³/mol. The van der Waals surface area contributed by atoms with Gasteiger partial charge in [-0.1, -0.05) is 31.2 Å². The smallest absolute Gasteiger partial charge is 0.260 e. The maximum Gasteiger partial charge on any atom is 0.260 e. The van der Waals surface area contributed by atoms with Crippen molar-refractivity contribution < 1.29 is 4.79 Å². The van der Waals surface area contributed by atoms with Crippen molar-refractivity contribution >= 4 is 17.3 Å². The van der Waals surface area contributed by atoms with Gasteiger partial charge in [0.15, 0.2) is 0 Å². The van der Waals surface area contributed by atoms with E-state index in [2.05, 4.69) is 12.2 Å². The Hall–Kier alpha value is -2.29. The van der Waals surface area contributed by atoms with Gasteiger partial charge in [-0.05, 0) is 43.2 Å². The topological polar surface area (TPSA) is 32.3 Å². The van der Waals surface area contributed by atoms with E-state index < -0.39 is 0 Å². The minimum Gasteiger partial charge on any atom is -0.384 e. The highest BCUT2D eigenvalue weighted by atomic mass is 16.2. The van der Waals surface area contributed by atoms with Gasteiger partial charge in [-0.2, -0.15) is 0 Å². The van der Waals surface area contributed by atoms with E-state index in [1.54, 1.807) is 4.90 Å². The third-order valence-corrected chi connectivity index (χ3v) is 3.42. The number of rotatable bonds is 5. The molecule has 0 unspecified atom stereocenters. The van der Waals surface area contributed by atoms with Crippen LogP contribution < -0.4 is 10.2 Å². The molecule has 0 fully saturated rings. The van der Waals surface area contributed by atoms with Gasteiger partial charge in [-0.25, -0.2) is 0 Å². The lowest BCUT2D eigenvalue weighted by atomic mass is 10.1. The Balaban J connectivity index is 2.27. The molecule has 0 bridgehead atoms. The summed E-state index contributed by atoms with van der Waals surface area (Å²) in [5.41, 5.74) is 3.65. The highest BCUT2D eigenvalue weighted by molar-refractivity contribution is 6.09. The highest BCUT2D eigenvalue weighted by Crippen LogP contribution is 2.21. The monoisotopic (exact) mass is 282 g/mol. The number of carbonyl (C=O) groups is 1. The summed E-state index contributed by atoms with van der Waals surface area (Å²) in [4.78, 5) is 14.4. The molecule has 0 aliphatic carbocycles. The second-order valence-electron chi connectivity index (χ2n) is 5.18. The Morgan fingerprint density at radius 2 is 1.90 bits per heavy atom. The van der Waals surface area contributed by atoms with Crippen LogP contribution in [-0.2, 0) is 0 Å². The predicted octanol–water partition coefficient (Wildman–Crippen LogP) is 4.09. The van der Waals surface area contributed by atoms with Crippen molar-refractivity contribution in [3.05, 3.63) is 59.7 Å². The molecule has 0 atom stereocenters. The number of hydrogen-bond acceptors (Lipinski definition) is 2. The van der Waals surface area contributed by atoms with Crippen molar-refractivity contribution in [1.29, 1.82) is 0 Å². The van der Waals surface area contributed by atoms with E-state index in [4.69, 9.17) is 0 Å². The first-order valence-electron chi connectivity index (χ1n) is 7.31. The minimum atomic E-state index is -0.000182. The molecule has 3 heteroatoms. The van der Waals surface area contributed by atoms with Crippen LogP contribution in [0.4, 0.5) is 11.4 Å². The van der Waals surface area contributed by atoms with Crippen molar-refractivity contribution in [3.63, 3.8) is 0 Å². The molecule has 0 aromatic heterocycles. The first-order chi connectivity index (χ1) is 10.1. The maximum absolute atomic E-state index is 12.7. The summed E-state index contributed by atoms with van der Waals surface area (Å²) in [6, 6.07) is 15.6. The van der Waals surface area contributed by atoms with Gasteiger partial charge in [-0.15, -0.1) is 0 Å². The lowest BCUT2D eigenvalue weighted by Gasteiger charge is -2.20. The first kappa shape index (κ1) is 15.1. The first-order valence-corrected chi connectivity index (χ1v) is 7.31. The quantitative estimate of drug-likeness (QED) is 0.895. The van der Waals surface area contributed by atoms with E-state index in [1.807, 2.05) is 62.5 Å². The summed E-state index contributed by atoms with van der Waals surface area (Å²) in [5, 5.41) is 3.31. The summed E-state index contributed by atoms with van der Waals surface area (Å²) in [6.45, 7) is 4.99. The summed E-state index contributed by atoms with van der Waals surface area (Å²) in [7, 11) is 1.81. The average molecular weight is 282 g/mol. The highest BCUT2D eigenvalue weighted by Gasteiger charge is 2.16. The second kappa shape index (κ2) is 6.93. The van der Waals surface area contributed by atoms with Crippen LogP contribution >= 0.6 is 0 Å². The van der Waals surface area contributed by atoms with Crippen LogP contribution in [0.15, 0.2) is 48.5 Å². The molecule has 0 saturated carbocycles. The molecule has 0 aliphatic rings. The standard InChI is InChI=1S/C18H22N2O/c1-4-12-19-17-11-6-5-10-16(17)18(21)20(3)15-9-7-8-14(2)13-15/h5-11,13,19H,4,12H2,1-3H3. The van der Waals surface area contributed by atoms with Crippen LogP contribution in [-0.4, -0.2) is 19.5 Å². The van der Waals surface area contributed by atoms with Crippen LogP contribution in [0, 0.1) is 6.92 Å². The van der Waals surface area contributed by atoms with E-state index >= 15 is 0 Å².